The minimum atomic E-state index is -1.16. The first kappa shape index (κ1) is 20.6. The van der Waals surface area contributed by atoms with E-state index < -0.39 is 11.9 Å². The van der Waals surface area contributed by atoms with Gasteiger partial charge in [0.15, 0.2) is 0 Å². The second-order valence-electron chi connectivity index (χ2n) is 7.17. The van der Waals surface area contributed by atoms with Crippen LogP contribution in [0.2, 0.25) is 0 Å². The number of hydrogen-bond donors (Lipinski definition) is 3. The Balaban J connectivity index is 1.65. The first-order chi connectivity index (χ1) is 14.0. The fraction of sp³-hybridized carbons (Fsp3) is 0.429. The van der Waals surface area contributed by atoms with Crippen molar-refractivity contribution in [2.75, 3.05) is 18.5 Å². The molecular weight excluding hydrogens is 376 g/mol. The van der Waals surface area contributed by atoms with Crippen LogP contribution in [0.5, 0.6) is 0 Å². The predicted octanol–water partition coefficient (Wildman–Crippen LogP) is 3.56. The second kappa shape index (κ2) is 9.36. The zero-order valence-corrected chi connectivity index (χ0v) is 16.0. The second-order valence-corrected chi connectivity index (χ2v) is 7.17. The summed E-state index contributed by atoms with van der Waals surface area (Å²) in [5.74, 6) is -2.43. The van der Waals surface area contributed by atoms with Gasteiger partial charge in [0, 0.05) is 18.1 Å². The van der Waals surface area contributed by atoms with Crippen LogP contribution >= 0.6 is 0 Å². The molecule has 3 rings (SSSR count). The monoisotopic (exact) mass is 400 g/mol. The number of aromatic nitrogens is 1. The normalized spacial score (nSPS) is 14.5. The number of hydrogen-bond acceptors (Lipinski definition) is 6. The summed E-state index contributed by atoms with van der Waals surface area (Å²) < 4.78 is 5.35. The molecule has 0 bridgehead atoms. The molecule has 1 fully saturated rings. The Hall–Kier alpha value is -3.16. The van der Waals surface area contributed by atoms with Gasteiger partial charge < -0.3 is 20.3 Å². The lowest BCUT2D eigenvalue weighted by Crippen LogP contribution is -2.21. The van der Waals surface area contributed by atoms with Crippen molar-refractivity contribution >= 4 is 34.5 Å². The van der Waals surface area contributed by atoms with Gasteiger partial charge in [-0.15, -0.1) is 0 Å². The summed E-state index contributed by atoms with van der Waals surface area (Å²) in [5, 5.41) is 22.1. The topological polar surface area (TPSA) is 126 Å². The van der Waals surface area contributed by atoms with Crippen LogP contribution in [0, 0.1) is 5.92 Å². The standard InChI is InChI=1S/C21H24N2O6/c24-19(25)14-7-8-17-15(11-14)18(16(12-23-17)20(26)27)22-9-4-10-29-21(28)13-5-2-1-3-6-13/h7-8,11-13H,1-6,9-10H2,(H,22,23)(H,24,25)(H,26,27). The molecule has 1 aliphatic carbocycles. The Kier molecular flexibility index (Phi) is 6.64. The zero-order chi connectivity index (χ0) is 20.8. The average Bonchev–Trinajstić information content (AvgIpc) is 2.73. The highest BCUT2D eigenvalue weighted by atomic mass is 16.5. The number of fused-ring (bicyclic) bond motifs is 1. The maximum absolute atomic E-state index is 12.1. The highest BCUT2D eigenvalue weighted by Gasteiger charge is 2.22. The summed E-state index contributed by atoms with van der Waals surface area (Å²) in [4.78, 5) is 39.0. The van der Waals surface area contributed by atoms with E-state index in [-0.39, 0.29) is 29.6 Å². The van der Waals surface area contributed by atoms with E-state index in [9.17, 15) is 24.6 Å². The first-order valence-corrected chi connectivity index (χ1v) is 9.77. The lowest BCUT2D eigenvalue weighted by Gasteiger charge is -2.20. The van der Waals surface area contributed by atoms with Gasteiger partial charge in [-0.2, -0.15) is 0 Å². The summed E-state index contributed by atoms with van der Waals surface area (Å²) in [6.07, 6.45) is 6.81. The molecule has 1 aromatic heterocycles. The number of esters is 1. The molecule has 8 nitrogen and oxygen atoms in total. The number of carboxylic acid groups (broad SMARTS) is 2. The number of carbonyl (C=O) groups is 3. The summed E-state index contributed by atoms with van der Waals surface area (Å²) >= 11 is 0. The van der Waals surface area contributed by atoms with Crippen LogP contribution in [-0.4, -0.2) is 46.3 Å². The molecule has 0 amide bonds. The number of pyridine rings is 1. The quantitative estimate of drug-likeness (QED) is 0.454. The van der Waals surface area contributed by atoms with Crippen LogP contribution in [0.15, 0.2) is 24.4 Å². The molecule has 2 aromatic rings. The first-order valence-electron chi connectivity index (χ1n) is 9.77. The number of aromatic carboxylic acids is 2. The molecule has 1 saturated carbocycles. The Labute approximate surface area is 167 Å². The molecule has 1 aliphatic rings. The lowest BCUT2D eigenvalue weighted by atomic mass is 9.89. The number of ether oxygens (including phenoxy) is 1. The molecule has 154 valence electrons. The Bertz CT molecular complexity index is 916. The Morgan fingerprint density at radius 2 is 1.86 bits per heavy atom. The number of anilines is 1. The van der Waals surface area contributed by atoms with E-state index >= 15 is 0 Å². The summed E-state index contributed by atoms with van der Waals surface area (Å²) in [6, 6.07) is 4.37. The number of nitrogens with one attached hydrogen (secondary N) is 1. The Morgan fingerprint density at radius 3 is 2.55 bits per heavy atom. The van der Waals surface area contributed by atoms with Crippen molar-refractivity contribution in [2.24, 2.45) is 5.92 Å². The van der Waals surface area contributed by atoms with Gasteiger partial charge in [0.2, 0.25) is 0 Å². The molecule has 0 aliphatic heterocycles. The summed E-state index contributed by atoms with van der Waals surface area (Å²) in [5.41, 5.74) is 0.806. The Morgan fingerprint density at radius 1 is 1.10 bits per heavy atom. The van der Waals surface area contributed by atoms with Crippen LogP contribution in [-0.2, 0) is 9.53 Å². The van der Waals surface area contributed by atoms with Crippen LogP contribution in [0.25, 0.3) is 10.9 Å². The van der Waals surface area contributed by atoms with Gasteiger partial charge in [-0.05, 0) is 37.5 Å². The predicted molar refractivity (Wildman–Crippen MR) is 106 cm³/mol. The molecule has 3 N–H and O–H groups in total. The van der Waals surface area contributed by atoms with E-state index in [2.05, 4.69) is 10.3 Å². The number of carbonyl (C=O) groups excluding carboxylic acids is 1. The van der Waals surface area contributed by atoms with Gasteiger partial charge in [-0.1, -0.05) is 19.3 Å². The van der Waals surface area contributed by atoms with E-state index in [1.54, 1.807) is 6.07 Å². The van der Waals surface area contributed by atoms with Crippen LogP contribution in [0.3, 0.4) is 0 Å². The summed E-state index contributed by atoms with van der Waals surface area (Å²) in [7, 11) is 0. The fourth-order valence-electron chi connectivity index (χ4n) is 3.59. The number of benzene rings is 1. The van der Waals surface area contributed by atoms with E-state index in [1.807, 2.05) is 0 Å². The van der Waals surface area contributed by atoms with Crippen LogP contribution in [0.4, 0.5) is 5.69 Å². The molecule has 0 radical (unpaired) electrons. The zero-order valence-electron chi connectivity index (χ0n) is 16.0. The molecule has 0 saturated heterocycles. The van der Waals surface area contributed by atoms with Crippen molar-refractivity contribution in [1.29, 1.82) is 0 Å². The maximum atomic E-state index is 12.1. The molecule has 0 atom stereocenters. The third kappa shape index (κ3) is 5.01. The molecule has 0 spiro atoms. The van der Waals surface area contributed by atoms with Crippen molar-refractivity contribution in [3.05, 3.63) is 35.5 Å². The molecule has 0 unspecified atom stereocenters. The van der Waals surface area contributed by atoms with E-state index in [4.69, 9.17) is 4.74 Å². The molecule has 29 heavy (non-hydrogen) atoms. The van der Waals surface area contributed by atoms with Crippen LogP contribution in [0.1, 0.15) is 59.2 Å². The van der Waals surface area contributed by atoms with Gasteiger partial charge in [0.05, 0.1) is 29.3 Å². The van der Waals surface area contributed by atoms with E-state index in [0.29, 0.717) is 29.6 Å². The largest absolute Gasteiger partial charge is 0.478 e. The third-order valence-corrected chi connectivity index (χ3v) is 5.15. The third-order valence-electron chi connectivity index (χ3n) is 5.15. The van der Waals surface area contributed by atoms with Crippen molar-refractivity contribution in [3.63, 3.8) is 0 Å². The van der Waals surface area contributed by atoms with Gasteiger partial charge in [-0.3, -0.25) is 9.78 Å². The van der Waals surface area contributed by atoms with Crippen molar-refractivity contribution in [2.45, 2.75) is 38.5 Å². The molecular formula is C21H24N2O6. The molecule has 8 heteroatoms. The van der Waals surface area contributed by atoms with E-state index in [1.165, 1.54) is 24.8 Å². The van der Waals surface area contributed by atoms with Crippen molar-refractivity contribution in [1.82, 2.24) is 4.98 Å². The van der Waals surface area contributed by atoms with Gasteiger partial charge in [0.1, 0.15) is 5.56 Å². The lowest BCUT2D eigenvalue weighted by molar-refractivity contribution is -0.149. The number of nitrogens with zero attached hydrogens (tertiary/aromatic N) is 1. The highest BCUT2D eigenvalue weighted by Crippen LogP contribution is 2.27. The minimum absolute atomic E-state index is 0.00565. The van der Waals surface area contributed by atoms with Gasteiger partial charge in [-0.25, -0.2) is 9.59 Å². The summed E-state index contributed by atoms with van der Waals surface area (Å²) in [6.45, 7) is 0.614. The minimum Gasteiger partial charge on any atom is -0.478 e. The van der Waals surface area contributed by atoms with Gasteiger partial charge >= 0.3 is 17.9 Å². The van der Waals surface area contributed by atoms with Crippen molar-refractivity contribution in [3.8, 4) is 0 Å². The molecule has 1 heterocycles. The molecule has 1 aromatic carbocycles. The number of carboxylic acids is 2. The highest BCUT2D eigenvalue weighted by molar-refractivity contribution is 6.06. The van der Waals surface area contributed by atoms with Crippen LogP contribution < -0.4 is 5.32 Å². The fourth-order valence-corrected chi connectivity index (χ4v) is 3.59. The SMILES string of the molecule is O=C(O)c1ccc2ncc(C(=O)O)c(NCCCOC(=O)C3CCCCC3)c2c1. The number of rotatable bonds is 8. The smallest absolute Gasteiger partial charge is 0.339 e. The average molecular weight is 400 g/mol. The van der Waals surface area contributed by atoms with E-state index in [0.717, 1.165) is 25.7 Å². The van der Waals surface area contributed by atoms with Crippen molar-refractivity contribution < 1.29 is 29.3 Å². The van der Waals surface area contributed by atoms with Gasteiger partial charge in [0.25, 0.3) is 0 Å². The maximum Gasteiger partial charge on any atom is 0.339 e.